The van der Waals surface area contributed by atoms with Crippen molar-refractivity contribution >= 4 is 11.6 Å². The molecule has 0 aliphatic heterocycles. The van der Waals surface area contributed by atoms with E-state index in [-0.39, 0.29) is 5.91 Å². The Labute approximate surface area is 119 Å². The number of methoxy groups -OCH3 is 1. The molecule has 0 aliphatic rings. The van der Waals surface area contributed by atoms with Crippen LogP contribution in [0.2, 0.25) is 0 Å². The molecule has 4 heteroatoms. The third-order valence-corrected chi connectivity index (χ3v) is 3.10. The van der Waals surface area contributed by atoms with Gasteiger partial charge < -0.3 is 9.64 Å². The number of aromatic nitrogens is 1. The van der Waals surface area contributed by atoms with Crippen LogP contribution in [0.5, 0.6) is 0 Å². The zero-order valence-electron chi connectivity index (χ0n) is 11.7. The summed E-state index contributed by atoms with van der Waals surface area (Å²) in [5, 5.41) is 0. The van der Waals surface area contributed by atoms with Crippen molar-refractivity contribution < 1.29 is 9.53 Å². The smallest absolute Gasteiger partial charge is 0.260 e. The summed E-state index contributed by atoms with van der Waals surface area (Å²) in [5.41, 5.74) is 1.63. The van der Waals surface area contributed by atoms with Gasteiger partial charge in [-0.1, -0.05) is 30.3 Å². The van der Waals surface area contributed by atoms with Crippen LogP contribution in [-0.2, 0) is 9.53 Å². The Morgan fingerprint density at radius 1 is 1.25 bits per heavy atom. The summed E-state index contributed by atoms with van der Waals surface area (Å²) in [6, 6.07) is 13.2. The van der Waals surface area contributed by atoms with Crippen LogP contribution in [0.15, 0.2) is 54.9 Å². The summed E-state index contributed by atoms with van der Waals surface area (Å²) in [7, 11) is 1.55. The number of rotatable bonds is 5. The molecule has 1 heterocycles. The molecule has 1 unspecified atom stereocenters. The largest absolute Gasteiger partial charge is 0.367 e. The molecule has 0 saturated heterocycles. The Morgan fingerprint density at radius 3 is 2.55 bits per heavy atom. The van der Waals surface area contributed by atoms with E-state index in [4.69, 9.17) is 4.74 Å². The van der Waals surface area contributed by atoms with Crippen molar-refractivity contribution in [2.45, 2.75) is 13.0 Å². The molecule has 0 bridgehead atoms. The second-order valence-corrected chi connectivity index (χ2v) is 4.32. The van der Waals surface area contributed by atoms with E-state index in [1.807, 2.05) is 49.4 Å². The Balaban J connectivity index is 2.28. The van der Waals surface area contributed by atoms with E-state index >= 15 is 0 Å². The number of carbonyl (C=O) groups excluding carboxylic acids is 1. The van der Waals surface area contributed by atoms with Gasteiger partial charge in [-0.15, -0.1) is 0 Å². The average Bonchev–Trinajstić information content (AvgIpc) is 2.51. The second-order valence-electron chi connectivity index (χ2n) is 4.32. The molecule has 20 heavy (non-hydrogen) atoms. The van der Waals surface area contributed by atoms with Crippen LogP contribution < -0.4 is 4.90 Å². The highest BCUT2D eigenvalue weighted by molar-refractivity contribution is 5.97. The standard InChI is InChI=1S/C16H18N2O2/c1-3-18(14-10-7-11-17-12-14)16(19)15(20-2)13-8-5-4-6-9-13/h4-12,15H,3H2,1-2H3. The topological polar surface area (TPSA) is 42.4 Å². The minimum Gasteiger partial charge on any atom is -0.367 e. The lowest BCUT2D eigenvalue weighted by molar-refractivity contribution is -0.128. The fourth-order valence-corrected chi connectivity index (χ4v) is 2.13. The third kappa shape index (κ3) is 3.03. The van der Waals surface area contributed by atoms with Gasteiger partial charge in [0.1, 0.15) is 0 Å². The van der Waals surface area contributed by atoms with Crippen molar-refractivity contribution in [1.82, 2.24) is 4.98 Å². The van der Waals surface area contributed by atoms with Crippen LogP contribution >= 0.6 is 0 Å². The molecule has 104 valence electrons. The number of likely N-dealkylation sites (N-methyl/N-ethyl adjacent to an activating group) is 1. The maximum atomic E-state index is 12.7. The lowest BCUT2D eigenvalue weighted by atomic mass is 10.1. The first-order valence-electron chi connectivity index (χ1n) is 6.57. The summed E-state index contributed by atoms with van der Waals surface area (Å²) >= 11 is 0. The number of carbonyl (C=O) groups is 1. The number of ether oxygens (including phenoxy) is 1. The summed E-state index contributed by atoms with van der Waals surface area (Å²) in [6.07, 6.45) is 2.77. The molecule has 1 atom stereocenters. The van der Waals surface area contributed by atoms with Crippen LogP contribution in [0.4, 0.5) is 5.69 Å². The molecule has 0 radical (unpaired) electrons. The highest BCUT2D eigenvalue weighted by Gasteiger charge is 2.25. The van der Waals surface area contributed by atoms with Crippen molar-refractivity contribution in [2.75, 3.05) is 18.6 Å². The highest BCUT2D eigenvalue weighted by atomic mass is 16.5. The molecule has 2 aromatic rings. The first-order chi connectivity index (χ1) is 9.77. The average molecular weight is 270 g/mol. The van der Waals surface area contributed by atoms with Crippen molar-refractivity contribution in [2.24, 2.45) is 0 Å². The quantitative estimate of drug-likeness (QED) is 0.839. The number of pyridine rings is 1. The minimum absolute atomic E-state index is 0.0887. The zero-order valence-corrected chi connectivity index (χ0v) is 11.7. The van der Waals surface area contributed by atoms with Gasteiger partial charge in [0, 0.05) is 19.9 Å². The van der Waals surface area contributed by atoms with Gasteiger partial charge in [-0.3, -0.25) is 9.78 Å². The predicted molar refractivity (Wildman–Crippen MR) is 78.5 cm³/mol. The van der Waals surface area contributed by atoms with E-state index in [0.717, 1.165) is 11.3 Å². The lowest BCUT2D eigenvalue weighted by Crippen LogP contribution is -2.35. The molecule has 0 aliphatic carbocycles. The minimum atomic E-state index is -0.601. The summed E-state index contributed by atoms with van der Waals surface area (Å²) < 4.78 is 5.39. The number of amides is 1. The molecular weight excluding hydrogens is 252 g/mol. The number of hydrogen-bond donors (Lipinski definition) is 0. The Morgan fingerprint density at radius 2 is 2.00 bits per heavy atom. The summed E-state index contributed by atoms with van der Waals surface area (Å²) in [4.78, 5) is 18.4. The van der Waals surface area contributed by atoms with E-state index in [1.54, 1.807) is 24.4 Å². The number of anilines is 1. The number of hydrogen-bond acceptors (Lipinski definition) is 3. The van der Waals surface area contributed by atoms with Crippen LogP contribution in [0.1, 0.15) is 18.6 Å². The van der Waals surface area contributed by atoms with Crippen LogP contribution in [0.3, 0.4) is 0 Å². The van der Waals surface area contributed by atoms with E-state index in [0.29, 0.717) is 6.54 Å². The van der Waals surface area contributed by atoms with Crippen molar-refractivity contribution in [3.63, 3.8) is 0 Å². The summed E-state index contributed by atoms with van der Waals surface area (Å²) in [5.74, 6) is -0.0887. The Hall–Kier alpha value is -2.20. The third-order valence-electron chi connectivity index (χ3n) is 3.10. The van der Waals surface area contributed by atoms with Gasteiger partial charge >= 0.3 is 0 Å². The van der Waals surface area contributed by atoms with Gasteiger partial charge in [0.15, 0.2) is 6.10 Å². The molecule has 4 nitrogen and oxygen atoms in total. The van der Waals surface area contributed by atoms with Crippen LogP contribution in [0.25, 0.3) is 0 Å². The zero-order chi connectivity index (χ0) is 14.4. The van der Waals surface area contributed by atoms with E-state index in [9.17, 15) is 4.79 Å². The first-order valence-corrected chi connectivity index (χ1v) is 6.57. The fourth-order valence-electron chi connectivity index (χ4n) is 2.13. The van der Waals surface area contributed by atoms with Gasteiger partial charge in [-0.25, -0.2) is 0 Å². The molecular formula is C16H18N2O2. The monoisotopic (exact) mass is 270 g/mol. The predicted octanol–water partition coefficient (Wildman–Crippen LogP) is 2.82. The van der Waals surface area contributed by atoms with Crippen LogP contribution in [0, 0.1) is 0 Å². The summed E-state index contributed by atoms with van der Waals surface area (Å²) in [6.45, 7) is 2.50. The van der Waals surface area contributed by atoms with Crippen molar-refractivity contribution in [3.05, 3.63) is 60.4 Å². The molecule has 1 amide bonds. The van der Waals surface area contributed by atoms with Gasteiger partial charge in [0.25, 0.3) is 5.91 Å². The van der Waals surface area contributed by atoms with E-state index < -0.39 is 6.10 Å². The molecule has 1 aromatic carbocycles. The van der Waals surface area contributed by atoms with Crippen molar-refractivity contribution in [1.29, 1.82) is 0 Å². The van der Waals surface area contributed by atoms with Gasteiger partial charge in [-0.05, 0) is 24.6 Å². The van der Waals surface area contributed by atoms with Gasteiger partial charge in [0.05, 0.1) is 11.9 Å². The van der Waals surface area contributed by atoms with E-state index in [1.165, 1.54) is 0 Å². The van der Waals surface area contributed by atoms with Gasteiger partial charge in [0.2, 0.25) is 0 Å². The van der Waals surface area contributed by atoms with Crippen molar-refractivity contribution in [3.8, 4) is 0 Å². The van der Waals surface area contributed by atoms with E-state index in [2.05, 4.69) is 4.98 Å². The maximum absolute atomic E-state index is 12.7. The molecule has 0 fully saturated rings. The normalized spacial score (nSPS) is 11.9. The SMILES string of the molecule is CCN(C(=O)C(OC)c1ccccc1)c1cccnc1. The second kappa shape index (κ2) is 6.82. The first kappa shape index (κ1) is 14.2. The number of benzene rings is 1. The molecule has 0 spiro atoms. The fraction of sp³-hybridized carbons (Fsp3) is 0.250. The molecule has 2 rings (SSSR count). The Bertz CT molecular complexity index is 493. The van der Waals surface area contributed by atoms with Crippen LogP contribution in [-0.4, -0.2) is 24.5 Å². The van der Waals surface area contributed by atoms with Gasteiger partial charge in [-0.2, -0.15) is 0 Å². The lowest BCUT2D eigenvalue weighted by Gasteiger charge is -2.25. The molecule has 0 N–H and O–H groups in total. The maximum Gasteiger partial charge on any atom is 0.260 e. The highest BCUT2D eigenvalue weighted by Crippen LogP contribution is 2.22. The Kier molecular flexibility index (Phi) is 4.85. The molecule has 1 aromatic heterocycles. The molecule has 0 saturated carbocycles. The number of nitrogens with zero attached hydrogens (tertiary/aromatic N) is 2.